The standard InChI is InChI=1S/C26H24N2O3S/c1-30-22-14-13-20(15-23(22)31-2)26-27-21(17-32-26)16-24(29)28-25(18-9-5-3-6-10-18)19-11-7-4-8-12-19/h3-15,17,25H,16H2,1-2H3,(H,28,29). The molecule has 1 N–H and O–H groups in total. The van der Waals surface area contributed by atoms with Gasteiger partial charge in [-0.25, -0.2) is 4.98 Å². The lowest BCUT2D eigenvalue weighted by atomic mass is 9.98. The van der Waals surface area contributed by atoms with Crippen molar-refractivity contribution in [2.75, 3.05) is 14.2 Å². The number of hydrogen-bond donors (Lipinski definition) is 1. The van der Waals surface area contributed by atoms with Crippen LogP contribution in [0.5, 0.6) is 11.5 Å². The number of thiazole rings is 1. The number of methoxy groups -OCH3 is 2. The number of aromatic nitrogens is 1. The minimum absolute atomic E-state index is 0.0770. The van der Waals surface area contributed by atoms with Crippen LogP contribution in [0.25, 0.3) is 10.6 Å². The Morgan fingerprint density at radius 3 is 2.12 bits per heavy atom. The van der Waals surface area contributed by atoms with Gasteiger partial charge in [-0.1, -0.05) is 60.7 Å². The molecule has 4 aromatic rings. The zero-order valence-electron chi connectivity index (χ0n) is 17.9. The maximum Gasteiger partial charge on any atom is 0.226 e. The van der Waals surface area contributed by atoms with E-state index in [-0.39, 0.29) is 18.4 Å². The summed E-state index contributed by atoms with van der Waals surface area (Å²) in [6, 6.07) is 25.4. The van der Waals surface area contributed by atoms with Crippen LogP contribution in [0.15, 0.2) is 84.2 Å². The maximum absolute atomic E-state index is 12.9. The summed E-state index contributed by atoms with van der Waals surface area (Å²) < 4.78 is 10.7. The third-order valence-electron chi connectivity index (χ3n) is 5.10. The highest BCUT2D eigenvalue weighted by molar-refractivity contribution is 7.13. The van der Waals surface area contributed by atoms with Gasteiger partial charge < -0.3 is 14.8 Å². The van der Waals surface area contributed by atoms with Crippen molar-refractivity contribution in [3.8, 4) is 22.1 Å². The van der Waals surface area contributed by atoms with Gasteiger partial charge in [0, 0.05) is 10.9 Å². The van der Waals surface area contributed by atoms with Gasteiger partial charge in [0.2, 0.25) is 5.91 Å². The molecule has 3 aromatic carbocycles. The molecule has 4 rings (SSSR count). The minimum Gasteiger partial charge on any atom is -0.493 e. The molecule has 0 aliphatic carbocycles. The fourth-order valence-electron chi connectivity index (χ4n) is 3.52. The Morgan fingerprint density at radius 1 is 0.906 bits per heavy atom. The predicted molar refractivity (Wildman–Crippen MR) is 127 cm³/mol. The summed E-state index contributed by atoms with van der Waals surface area (Å²) in [6.45, 7) is 0. The van der Waals surface area contributed by atoms with Gasteiger partial charge >= 0.3 is 0 Å². The number of nitrogens with zero attached hydrogens (tertiary/aromatic N) is 1. The van der Waals surface area contributed by atoms with E-state index in [2.05, 4.69) is 10.3 Å². The molecule has 1 amide bonds. The molecule has 5 nitrogen and oxygen atoms in total. The lowest BCUT2D eigenvalue weighted by Gasteiger charge is -2.19. The molecule has 0 bridgehead atoms. The highest BCUT2D eigenvalue weighted by atomic mass is 32.1. The third-order valence-corrected chi connectivity index (χ3v) is 6.04. The summed E-state index contributed by atoms with van der Waals surface area (Å²) in [4.78, 5) is 17.6. The number of ether oxygens (including phenoxy) is 2. The van der Waals surface area contributed by atoms with Crippen LogP contribution >= 0.6 is 11.3 Å². The fraction of sp³-hybridized carbons (Fsp3) is 0.154. The first kappa shape index (κ1) is 21.6. The van der Waals surface area contributed by atoms with Crippen molar-refractivity contribution in [3.63, 3.8) is 0 Å². The van der Waals surface area contributed by atoms with Crippen molar-refractivity contribution in [1.82, 2.24) is 10.3 Å². The Kier molecular flexibility index (Phi) is 6.82. The maximum atomic E-state index is 12.9. The topological polar surface area (TPSA) is 60.5 Å². The molecule has 1 heterocycles. The smallest absolute Gasteiger partial charge is 0.226 e. The number of amides is 1. The second-order valence-electron chi connectivity index (χ2n) is 7.21. The van der Waals surface area contributed by atoms with E-state index >= 15 is 0 Å². The molecular weight excluding hydrogens is 420 g/mol. The molecule has 0 saturated carbocycles. The van der Waals surface area contributed by atoms with Crippen molar-refractivity contribution >= 4 is 17.2 Å². The van der Waals surface area contributed by atoms with E-state index in [0.29, 0.717) is 11.5 Å². The van der Waals surface area contributed by atoms with Gasteiger partial charge in [0.25, 0.3) is 0 Å². The summed E-state index contributed by atoms with van der Waals surface area (Å²) in [6.07, 6.45) is 0.208. The summed E-state index contributed by atoms with van der Waals surface area (Å²) in [5.74, 6) is 1.24. The molecule has 0 fully saturated rings. The van der Waals surface area contributed by atoms with Gasteiger partial charge in [0.05, 0.1) is 32.4 Å². The van der Waals surface area contributed by atoms with Crippen molar-refractivity contribution in [2.24, 2.45) is 0 Å². The number of hydrogen-bond acceptors (Lipinski definition) is 5. The van der Waals surface area contributed by atoms with Crippen LogP contribution in [-0.2, 0) is 11.2 Å². The largest absolute Gasteiger partial charge is 0.493 e. The summed E-state index contributed by atoms with van der Waals surface area (Å²) in [5.41, 5.74) is 3.73. The number of nitrogens with one attached hydrogen (secondary N) is 1. The van der Waals surface area contributed by atoms with Gasteiger partial charge in [-0.2, -0.15) is 0 Å². The molecule has 6 heteroatoms. The molecule has 0 aliphatic rings. The molecule has 0 radical (unpaired) electrons. The molecule has 0 spiro atoms. The van der Waals surface area contributed by atoms with Crippen molar-refractivity contribution in [3.05, 3.63) is 101 Å². The Balaban J connectivity index is 1.50. The molecule has 162 valence electrons. The second-order valence-corrected chi connectivity index (χ2v) is 8.07. The van der Waals surface area contributed by atoms with Crippen molar-refractivity contribution in [2.45, 2.75) is 12.5 Å². The van der Waals surface area contributed by atoms with Gasteiger partial charge in [0.1, 0.15) is 5.01 Å². The average molecular weight is 445 g/mol. The van der Waals surface area contributed by atoms with E-state index in [9.17, 15) is 4.79 Å². The fourth-order valence-corrected chi connectivity index (χ4v) is 4.33. The Labute approximate surface area is 191 Å². The van der Waals surface area contributed by atoms with Gasteiger partial charge in [-0.3, -0.25) is 4.79 Å². The molecule has 0 aliphatic heterocycles. The Bertz CT molecular complexity index is 1140. The van der Waals surface area contributed by atoms with Gasteiger partial charge in [0.15, 0.2) is 11.5 Å². The first-order valence-corrected chi connectivity index (χ1v) is 11.1. The van der Waals surface area contributed by atoms with Gasteiger partial charge in [-0.05, 0) is 29.3 Å². The normalized spacial score (nSPS) is 10.7. The summed E-state index contributed by atoms with van der Waals surface area (Å²) in [7, 11) is 3.21. The third kappa shape index (κ3) is 4.98. The van der Waals surface area contributed by atoms with E-state index in [0.717, 1.165) is 27.4 Å². The minimum atomic E-state index is -0.214. The van der Waals surface area contributed by atoms with E-state index < -0.39 is 0 Å². The second kappa shape index (κ2) is 10.1. The monoisotopic (exact) mass is 444 g/mol. The summed E-state index contributed by atoms with van der Waals surface area (Å²) in [5, 5.41) is 5.92. The lowest BCUT2D eigenvalue weighted by Crippen LogP contribution is -2.30. The zero-order chi connectivity index (χ0) is 22.3. The van der Waals surface area contributed by atoms with E-state index in [1.54, 1.807) is 14.2 Å². The first-order valence-electron chi connectivity index (χ1n) is 10.2. The van der Waals surface area contributed by atoms with E-state index in [4.69, 9.17) is 9.47 Å². The van der Waals surface area contributed by atoms with Crippen LogP contribution in [0.2, 0.25) is 0 Å². The quantitative estimate of drug-likeness (QED) is 0.402. The van der Waals surface area contributed by atoms with E-state index in [1.807, 2.05) is 84.2 Å². The molecule has 0 unspecified atom stereocenters. The molecular formula is C26H24N2O3S. The lowest BCUT2D eigenvalue weighted by molar-refractivity contribution is -0.121. The number of rotatable bonds is 8. The van der Waals surface area contributed by atoms with Crippen LogP contribution in [0.1, 0.15) is 22.9 Å². The van der Waals surface area contributed by atoms with Gasteiger partial charge in [-0.15, -0.1) is 11.3 Å². The SMILES string of the molecule is COc1ccc(-c2nc(CC(=O)NC(c3ccccc3)c3ccccc3)cs2)cc1OC. The Morgan fingerprint density at radius 2 is 1.53 bits per heavy atom. The number of benzene rings is 3. The summed E-state index contributed by atoms with van der Waals surface area (Å²) >= 11 is 1.50. The molecule has 1 aromatic heterocycles. The molecule has 32 heavy (non-hydrogen) atoms. The van der Waals surface area contributed by atoms with E-state index in [1.165, 1.54) is 11.3 Å². The number of carbonyl (C=O) groups excluding carboxylic acids is 1. The Hall–Kier alpha value is -3.64. The average Bonchev–Trinajstić information content (AvgIpc) is 3.31. The number of carbonyl (C=O) groups is 1. The molecule has 0 saturated heterocycles. The predicted octanol–water partition coefficient (Wildman–Crippen LogP) is 5.28. The van der Waals surface area contributed by atoms with Crippen LogP contribution in [0.3, 0.4) is 0 Å². The van der Waals surface area contributed by atoms with Crippen LogP contribution in [0, 0.1) is 0 Å². The zero-order valence-corrected chi connectivity index (χ0v) is 18.8. The first-order chi connectivity index (χ1) is 15.7. The van der Waals surface area contributed by atoms with Crippen LogP contribution in [0.4, 0.5) is 0 Å². The van der Waals surface area contributed by atoms with Crippen LogP contribution in [-0.4, -0.2) is 25.1 Å². The van der Waals surface area contributed by atoms with Crippen molar-refractivity contribution in [1.29, 1.82) is 0 Å². The van der Waals surface area contributed by atoms with Crippen molar-refractivity contribution < 1.29 is 14.3 Å². The highest BCUT2D eigenvalue weighted by Gasteiger charge is 2.18. The van der Waals surface area contributed by atoms with Crippen LogP contribution < -0.4 is 14.8 Å². The highest BCUT2D eigenvalue weighted by Crippen LogP contribution is 2.33. The molecule has 0 atom stereocenters.